The molecule has 144 valence electrons. The van der Waals surface area contributed by atoms with E-state index in [0.29, 0.717) is 5.56 Å². The summed E-state index contributed by atoms with van der Waals surface area (Å²) in [5.74, 6) is -0.748. The normalized spacial score (nSPS) is 23.5. The first kappa shape index (κ1) is 18.2. The largest absolute Gasteiger partial charge is 0.348 e. The van der Waals surface area contributed by atoms with E-state index in [2.05, 4.69) is 16.7 Å². The van der Waals surface area contributed by atoms with E-state index in [0.717, 1.165) is 28.9 Å². The standard InChI is InChI=1S/C22H23N3O3/c1-14-7-10-16(11-8-14)22(2)20(27)25(21(28)24-22)13-19(26)23-18-12-9-15-5-3-4-6-17(15)18/h3-8,10-11,18H,9,12-13H2,1-2H3,(H,23,26)(H,24,28). The quantitative estimate of drug-likeness (QED) is 0.804. The minimum absolute atomic E-state index is 0.0760. The highest BCUT2D eigenvalue weighted by Gasteiger charge is 2.49. The van der Waals surface area contributed by atoms with Gasteiger partial charge >= 0.3 is 6.03 Å². The molecule has 2 atom stereocenters. The number of aryl methyl sites for hydroxylation is 2. The molecule has 0 bridgehead atoms. The van der Waals surface area contributed by atoms with E-state index in [4.69, 9.17) is 0 Å². The van der Waals surface area contributed by atoms with E-state index in [-0.39, 0.29) is 18.5 Å². The van der Waals surface area contributed by atoms with Gasteiger partial charge in [-0.3, -0.25) is 14.5 Å². The van der Waals surface area contributed by atoms with E-state index in [1.807, 2.05) is 49.4 Å². The number of carbonyl (C=O) groups excluding carboxylic acids is 3. The van der Waals surface area contributed by atoms with Crippen LogP contribution in [-0.4, -0.2) is 29.3 Å². The summed E-state index contributed by atoms with van der Waals surface area (Å²) in [5.41, 5.74) is 2.94. The van der Waals surface area contributed by atoms with E-state index < -0.39 is 17.5 Å². The number of urea groups is 1. The van der Waals surface area contributed by atoms with Crippen LogP contribution in [0.1, 0.15) is 41.6 Å². The topological polar surface area (TPSA) is 78.5 Å². The van der Waals surface area contributed by atoms with Crippen molar-refractivity contribution in [2.24, 2.45) is 0 Å². The van der Waals surface area contributed by atoms with Gasteiger partial charge < -0.3 is 10.6 Å². The van der Waals surface area contributed by atoms with Crippen molar-refractivity contribution in [2.45, 2.75) is 38.3 Å². The molecule has 0 radical (unpaired) electrons. The number of carbonyl (C=O) groups is 3. The van der Waals surface area contributed by atoms with Crippen LogP contribution in [0.3, 0.4) is 0 Å². The van der Waals surface area contributed by atoms with Crippen molar-refractivity contribution in [3.63, 3.8) is 0 Å². The summed E-state index contributed by atoms with van der Waals surface area (Å²) in [7, 11) is 0. The zero-order chi connectivity index (χ0) is 19.9. The molecule has 0 saturated carbocycles. The molecule has 1 heterocycles. The van der Waals surface area contributed by atoms with E-state index in [1.165, 1.54) is 5.56 Å². The maximum atomic E-state index is 13.0. The molecule has 4 rings (SSSR count). The van der Waals surface area contributed by atoms with Gasteiger partial charge in [0.05, 0.1) is 6.04 Å². The Kier molecular flexibility index (Phi) is 4.41. The fourth-order valence-electron chi connectivity index (χ4n) is 4.01. The molecule has 1 aliphatic carbocycles. The molecule has 0 aromatic heterocycles. The number of nitrogens with one attached hydrogen (secondary N) is 2. The minimum atomic E-state index is -1.16. The van der Waals surface area contributed by atoms with Crippen molar-refractivity contribution in [3.05, 3.63) is 70.8 Å². The highest BCUT2D eigenvalue weighted by Crippen LogP contribution is 2.31. The van der Waals surface area contributed by atoms with Gasteiger partial charge in [0, 0.05) is 0 Å². The zero-order valence-corrected chi connectivity index (χ0v) is 16.0. The van der Waals surface area contributed by atoms with E-state index in [1.54, 1.807) is 6.92 Å². The van der Waals surface area contributed by atoms with Crippen molar-refractivity contribution in [1.82, 2.24) is 15.5 Å². The van der Waals surface area contributed by atoms with Crippen LogP contribution in [0, 0.1) is 6.92 Å². The zero-order valence-electron chi connectivity index (χ0n) is 16.0. The van der Waals surface area contributed by atoms with Gasteiger partial charge in [-0.15, -0.1) is 0 Å². The van der Waals surface area contributed by atoms with Crippen LogP contribution >= 0.6 is 0 Å². The first-order chi connectivity index (χ1) is 13.4. The number of fused-ring (bicyclic) bond motifs is 1. The second kappa shape index (κ2) is 6.78. The molecule has 1 aliphatic heterocycles. The molecule has 6 heteroatoms. The SMILES string of the molecule is Cc1ccc(C2(C)NC(=O)N(CC(=O)NC3CCc4ccccc43)C2=O)cc1. The fourth-order valence-corrected chi connectivity index (χ4v) is 4.01. The molecule has 6 nitrogen and oxygen atoms in total. The van der Waals surface area contributed by atoms with Gasteiger partial charge in [-0.25, -0.2) is 4.79 Å². The van der Waals surface area contributed by atoms with Crippen molar-refractivity contribution >= 4 is 17.8 Å². The van der Waals surface area contributed by atoms with Gasteiger partial charge in [-0.05, 0) is 43.4 Å². The van der Waals surface area contributed by atoms with Crippen LogP contribution in [0.4, 0.5) is 4.79 Å². The predicted molar refractivity (Wildman–Crippen MR) is 104 cm³/mol. The molecule has 2 aliphatic rings. The summed E-state index contributed by atoms with van der Waals surface area (Å²) in [6.07, 6.45) is 1.74. The first-order valence-corrected chi connectivity index (χ1v) is 9.47. The Hall–Kier alpha value is -3.15. The lowest BCUT2D eigenvalue weighted by Crippen LogP contribution is -2.43. The molecule has 1 saturated heterocycles. The lowest BCUT2D eigenvalue weighted by molar-refractivity contribution is -0.135. The smallest absolute Gasteiger partial charge is 0.325 e. The van der Waals surface area contributed by atoms with Gasteiger partial charge in [0.1, 0.15) is 12.1 Å². The van der Waals surface area contributed by atoms with Crippen LogP contribution in [0.25, 0.3) is 0 Å². The molecule has 1 fully saturated rings. The number of amides is 4. The average molecular weight is 377 g/mol. The fraction of sp³-hybridized carbons (Fsp3) is 0.318. The Morgan fingerprint density at radius 2 is 1.89 bits per heavy atom. The van der Waals surface area contributed by atoms with Crippen LogP contribution in [0.5, 0.6) is 0 Å². The third-order valence-corrected chi connectivity index (χ3v) is 5.67. The molecule has 2 aromatic carbocycles. The molecule has 4 amide bonds. The van der Waals surface area contributed by atoms with Crippen molar-refractivity contribution in [1.29, 1.82) is 0 Å². The lowest BCUT2D eigenvalue weighted by atomic mass is 9.91. The summed E-state index contributed by atoms with van der Waals surface area (Å²) < 4.78 is 0. The molecular formula is C22H23N3O3. The van der Waals surface area contributed by atoms with Crippen molar-refractivity contribution in [2.75, 3.05) is 6.54 Å². The maximum absolute atomic E-state index is 13.0. The first-order valence-electron chi connectivity index (χ1n) is 9.47. The van der Waals surface area contributed by atoms with E-state index in [9.17, 15) is 14.4 Å². The van der Waals surface area contributed by atoms with Gasteiger partial charge in [0.25, 0.3) is 5.91 Å². The highest BCUT2D eigenvalue weighted by molar-refractivity contribution is 6.09. The Labute approximate surface area is 163 Å². The minimum Gasteiger partial charge on any atom is -0.348 e. The van der Waals surface area contributed by atoms with E-state index >= 15 is 0 Å². The van der Waals surface area contributed by atoms with Crippen LogP contribution < -0.4 is 10.6 Å². The van der Waals surface area contributed by atoms with Gasteiger partial charge in [-0.2, -0.15) is 0 Å². The summed E-state index contributed by atoms with van der Waals surface area (Å²) in [5, 5.41) is 5.70. The van der Waals surface area contributed by atoms with Crippen molar-refractivity contribution in [3.8, 4) is 0 Å². The molecule has 0 spiro atoms. The number of hydrogen-bond acceptors (Lipinski definition) is 3. The molecule has 2 N–H and O–H groups in total. The highest BCUT2D eigenvalue weighted by atomic mass is 16.2. The Bertz CT molecular complexity index is 954. The molecule has 2 unspecified atom stereocenters. The third-order valence-electron chi connectivity index (χ3n) is 5.67. The summed E-state index contributed by atoms with van der Waals surface area (Å²) >= 11 is 0. The Balaban J connectivity index is 1.46. The monoisotopic (exact) mass is 377 g/mol. The Morgan fingerprint density at radius 3 is 2.64 bits per heavy atom. The predicted octanol–water partition coefficient (Wildman–Crippen LogP) is 2.57. The summed E-state index contributed by atoms with van der Waals surface area (Å²) in [4.78, 5) is 38.9. The maximum Gasteiger partial charge on any atom is 0.325 e. The third kappa shape index (κ3) is 3.05. The molecular weight excluding hydrogens is 354 g/mol. The molecule has 2 aromatic rings. The summed E-state index contributed by atoms with van der Waals surface area (Å²) in [6, 6.07) is 14.8. The number of imide groups is 1. The van der Waals surface area contributed by atoms with Crippen molar-refractivity contribution < 1.29 is 14.4 Å². The van der Waals surface area contributed by atoms with Gasteiger partial charge in [-0.1, -0.05) is 54.1 Å². The number of hydrogen-bond donors (Lipinski definition) is 2. The van der Waals surface area contributed by atoms with Gasteiger partial charge in [0.15, 0.2) is 0 Å². The molecule has 28 heavy (non-hydrogen) atoms. The van der Waals surface area contributed by atoms with Crippen LogP contribution in [-0.2, 0) is 21.5 Å². The second-order valence-electron chi connectivity index (χ2n) is 7.67. The van der Waals surface area contributed by atoms with Crippen LogP contribution in [0.15, 0.2) is 48.5 Å². The number of benzene rings is 2. The number of nitrogens with zero attached hydrogens (tertiary/aromatic N) is 1. The summed E-state index contributed by atoms with van der Waals surface area (Å²) in [6.45, 7) is 3.34. The average Bonchev–Trinajstić information content (AvgIpc) is 3.17. The number of rotatable bonds is 4. The Morgan fingerprint density at radius 1 is 1.18 bits per heavy atom. The van der Waals surface area contributed by atoms with Crippen LogP contribution in [0.2, 0.25) is 0 Å². The van der Waals surface area contributed by atoms with Gasteiger partial charge in [0.2, 0.25) is 5.91 Å². The lowest BCUT2D eigenvalue weighted by Gasteiger charge is -2.22. The second-order valence-corrected chi connectivity index (χ2v) is 7.67.